The smallest absolute Gasteiger partial charge is 0.307 e. The summed E-state index contributed by atoms with van der Waals surface area (Å²) in [6.07, 6.45) is 2.93. The highest BCUT2D eigenvalue weighted by Gasteiger charge is 2.54. The van der Waals surface area contributed by atoms with E-state index < -0.39 is 11.9 Å². The molecule has 2 aliphatic carbocycles. The Bertz CT molecular complexity index is 625. The molecule has 1 aromatic carbocycles. The lowest BCUT2D eigenvalue weighted by atomic mass is 9.78. The van der Waals surface area contributed by atoms with Crippen molar-refractivity contribution in [2.24, 2.45) is 23.7 Å². The summed E-state index contributed by atoms with van der Waals surface area (Å²) in [5.74, 6) is -0.929. The SMILES string of the molecule is O=C(O)[C@H]1[C@@H]2CC[C@@H](C2)[C@@H]1C(=O)N1CCN(c2ccccc2)CC1. The van der Waals surface area contributed by atoms with Crippen LogP contribution in [0.5, 0.6) is 0 Å². The van der Waals surface area contributed by atoms with Crippen LogP contribution in [0.1, 0.15) is 19.3 Å². The Morgan fingerprint density at radius 1 is 0.917 bits per heavy atom. The van der Waals surface area contributed by atoms with E-state index in [1.54, 1.807) is 0 Å². The van der Waals surface area contributed by atoms with E-state index in [0.717, 1.165) is 32.4 Å². The molecule has 0 spiro atoms. The van der Waals surface area contributed by atoms with Gasteiger partial charge in [-0.3, -0.25) is 9.59 Å². The van der Waals surface area contributed by atoms with Crippen LogP contribution in [0, 0.1) is 23.7 Å². The molecule has 4 atom stereocenters. The Balaban J connectivity index is 1.42. The van der Waals surface area contributed by atoms with Crippen LogP contribution < -0.4 is 4.90 Å². The maximum atomic E-state index is 13.0. The van der Waals surface area contributed by atoms with Crippen molar-refractivity contribution in [3.05, 3.63) is 30.3 Å². The van der Waals surface area contributed by atoms with Gasteiger partial charge in [-0.15, -0.1) is 0 Å². The molecule has 1 aliphatic heterocycles. The number of benzene rings is 1. The average Bonchev–Trinajstić information content (AvgIpc) is 3.23. The molecular formula is C19H24N2O3. The molecule has 4 rings (SSSR count). The molecule has 2 bridgehead atoms. The van der Waals surface area contributed by atoms with E-state index in [2.05, 4.69) is 17.0 Å². The van der Waals surface area contributed by atoms with Crippen molar-refractivity contribution in [2.75, 3.05) is 31.1 Å². The zero-order chi connectivity index (χ0) is 16.7. The van der Waals surface area contributed by atoms with Crippen LogP contribution in [0.25, 0.3) is 0 Å². The van der Waals surface area contributed by atoms with E-state index in [4.69, 9.17) is 0 Å². The van der Waals surface area contributed by atoms with Gasteiger partial charge < -0.3 is 14.9 Å². The van der Waals surface area contributed by atoms with Crippen molar-refractivity contribution < 1.29 is 14.7 Å². The summed E-state index contributed by atoms with van der Waals surface area (Å²) in [5, 5.41) is 9.56. The zero-order valence-electron chi connectivity index (χ0n) is 13.8. The van der Waals surface area contributed by atoms with Gasteiger partial charge >= 0.3 is 5.97 Å². The number of piperazine rings is 1. The van der Waals surface area contributed by atoms with Crippen molar-refractivity contribution in [3.8, 4) is 0 Å². The fourth-order valence-electron chi connectivity index (χ4n) is 5.04. The number of hydrogen-bond donors (Lipinski definition) is 1. The first-order valence-electron chi connectivity index (χ1n) is 8.97. The Hall–Kier alpha value is -2.04. The van der Waals surface area contributed by atoms with E-state index in [9.17, 15) is 14.7 Å². The van der Waals surface area contributed by atoms with Crippen LogP contribution in [-0.2, 0) is 9.59 Å². The summed E-state index contributed by atoms with van der Waals surface area (Å²) >= 11 is 0. The summed E-state index contributed by atoms with van der Waals surface area (Å²) < 4.78 is 0. The second kappa shape index (κ2) is 6.11. The standard InChI is InChI=1S/C19H24N2O3/c22-18(16-13-6-7-14(12-13)17(16)19(23)24)21-10-8-20(9-11-21)15-4-2-1-3-5-15/h1-5,13-14,16-17H,6-12H2,(H,23,24)/t13-,14+,16-,17-/m0/s1. The third-order valence-corrected chi connectivity index (χ3v) is 6.20. The second-order valence-corrected chi connectivity index (χ2v) is 7.37. The van der Waals surface area contributed by atoms with Gasteiger partial charge in [0.05, 0.1) is 11.8 Å². The molecule has 1 amide bonds. The predicted octanol–water partition coefficient (Wildman–Crippen LogP) is 2.08. The number of aliphatic carboxylic acids is 1. The molecule has 0 radical (unpaired) electrons. The summed E-state index contributed by atoms with van der Waals surface area (Å²) in [5.41, 5.74) is 1.19. The molecule has 24 heavy (non-hydrogen) atoms. The molecule has 128 valence electrons. The monoisotopic (exact) mass is 328 g/mol. The van der Waals surface area contributed by atoms with Crippen molar-refractivity contribution in [3.63, 3.8) is 0 Å². The topological polar surface area (TPSA) is 60.9 Å². The fraction of sp³-hybridized carbons (Fsp3) is 0.579. The highest BCUT2D eigenvalue weighted by molar-refractivity contribution is 5.86. The molecule has 0 aromatic heterocycles. The normalized spacial score (nSPS) is 32.2. The van der Waals surface area contributed by atoms with Gasteiger partial charge in [0.15, 0.2) is 0 Å². The molecule has 3 fully saturated rings. The number of carbonyl (C=O) groups excluding carboxylic acids is 1. The molecule has 3 aliphatic rings. The average molecular weight is 328 g/mol. The Morgan fingerprint density at radius 2 is 1.54 bits per heavy atom. The Kier molecular flexibility index (Phi) is 3.94. The lowest BCUT2D eigenvalue weighted by Gasteiger charge is -2.39. The molecule has 1 saturated heterocycles. The van der Waals surface area contributed by atoms with Crippen molar-refractivity contribution in [1.29, 1.82) is 0 Å². The first kappa shape index (κ1) is 15.5. The first-order valence-corrected chi connectivity index (χ1v) is 8.97. The summed E-state index contributed by atoms with van der Waals surface area (Å²) in [6.45, 7) is 3.00. The molecule has 1 aromatic rings. The molecule has 1 N–H and O–H groups in total. The van der Waals surface area contributed by atoms with Gasteiger partial charge in [0.25, 0.3) is 0 Å². The maximum absolute atomic E-state index is 13.0. The molecule has 1 heterocycles. The lowest BCUT2D eigenvalue weighted by molar-refractivity contribution is -0.153. The largest absolute Gasteiger partial charge is 0.481 e. The van der Waals surface area contributed by atoms with Crippen molar-refractivity contribution in [2.45, 2.75) is 19.3 Å². The molecule has 2 saturated carbocycles. The van der Waals surface area contributed by atoms with E-state index in [-0.39, 0.29) is 23.7 Å². The van der Waals surface area contributed by atoms with Gasteiger partial charge in [-0.1, -0.05) is 18.2 Å². The van der Waals surface area contributed by atoms with E-state index >= 15 is 0 Å². The van der Waals surface area contributed by atoms with Crippen molar-refractivity contribution >= 4 is 17.6 Å². The van der Waals surface area contributed by atoms with Gasteiger partial charge in [-0.2, -0.15) is 0 Å². The highest BCUT2D eigenvalue weighted by atomic mass is 16.4. The number of amides is 1. The summed E-state index contributed by atoms with van der Waals surface area (Å²) in [4.78, 5) is 28.8. The third kappa shape index (κ3) is 2.56. The van der Waals surface area contributed by atoms with Crippen molar-refractivity contribution in [1.82, 2.24) is 4.90 Å². The van der Waals surface area contributed by atoms with Crippen LogP contribution in [0.15, 0.2) is 30.3 Å². The van der Waals surface area contributed by atoms with E-state index in [1.165, 1.54) is 5.69 Å². The number of fused-ring (bicyclic) bond motifs is 2. The fourth-order valence-corrected chi connectivity index (χ4v) is 5.04. The van der Waals surface area contributed by atoms with Gasteiger partial charge in [0.2, 0.25) is 5.91 Å². The molecular weight excluding hydrogens is 304 g/mol. The minimum absolute atomic E-state index is 0.0855. The zero-order valence-corrected chi connectivity index (χ0v) is 13.8. The minimum atomic E-state index is -0.775. The quantitative estimate of drug-likeness (QED) is 0.923. The molecule has 5 nitrogen and oxygen atoms in total. The van der Waals surface area contributed by atoms with Crippen LogP contribution >= 0.6 is 0 Å². The van der Waals surface area contributed by atoms with Crippen LogP contribution in [0.4, 0.5) is 5.69 Å². The van der Waals surface area contributed by atoms with Gasteiger partial charge in [0, 0.05) is 31.9 Å². The third-order valence-electron chi connectivity index (χ3n) is 6.20. The number of hydrogen-bond acceptors (Lipinski definition) is 3. The number of carboxylic acid groups (broad SMARTS) is 1. The predicted molar refractivity (Wildman–Crippen MR) is 90.7 cm³/mol. The number of nitrogens with zero attached hydrogens (tertiary/aromatic N) is 2. The maximum Gasteiger partial charge on any atom is 0.307 e. The Morgan fingerprint density at radius 3 is 2.17 bits per heavy atom. The van der Waals surface area contributed by atoms with Gasteiger partial charge in [-0.25, -0.2) is 0 Å². The second-order valence-electron chi connectivity index (χ2n) is 7.37. The number of para-hydroxylation sites is 1. The lowest BCUT2D eigenvalue weighted by Crippen LogP contribution is -2.52. The number of rotatable bonds is 3. The van der Waals surface area contributed by atoms with E-state index in [0.29, 0.717) is 13.1 Å². The number of carbonyl (C=O) groups is 2. The minimum Gasteiger partial charge on any atom is -0.481 e. The number of anilines is 1. The first-order chi connectivity index (χ1) is 11.6. The number of carboxylic acids is 1. The Labute approximate surface area is 142 Å². The van der Waals surface area contributed by atoms with Crippen LogP contribution in [-0.4, -0.2) is 48.1 Å². The summed E-state index contributed by atoms with van der Waals surface area (Å²) in [7, 11) is 0. The van der Waals surface area contributed by atoms with E-state index in [1.807, 2.05) is 23.1 Å². The van der Waals surface area contributed by atoms with Gasteiger partial charge in [-0.05, 0) is 43.2 Å². The van der Waals surface area contributed by atoms with Crippen LogP contribution in [0.2, 0.25) is 0 Å². The highest BCUT2D eigenvalue weighted by Crippen LogP contribution is 2.53. The molecule has 0 unspecified atom stereocenters. The van der Waals surface area contributed by atoms with Crippen LogP contribution in [0.3, 0.4) is 0 Å². The van der Waals surface area contributed by atoms with Gasteiger partial charge in [0.1, 0.15) is 0 Å². The molecule has 5 heteroatoms. The summed E-state index contributed by atoms with van der Waals surface area (Å²) in [6, 6.07) is 10.2.